The maximum absolute atomic E-state index is 6.27. The van der Waals surface area contributed by atoms with E-state index < -0.39 is 0 Å². The van der Waals surface area contributed by atoms with Crippen molar-refractivity contribution in [2.45, 2.75) is 65.1 Å². The van der Waals surface area contributed by atoms with E-state index in [2.05, 4.69) is 31.7 Å². The van der Waals surface area contributed by atoms with Gasteiger partial charge in [0.15, 0.2) is 0 Å². The fourth-order valence-corrected chi connectivity index (χ4v) is 3.32. The minimum atomic E-state index is 0.297. The van der Waals surface area contributed by atoms with Crippen molar-refractivity contribution in [3.05, 3.63) is 52.2 Å². The average molecular weight is 319 g/mol. The number of ether oxygens (including phenoxy) is 1. The van der Waals surface area contributed by atoms with E-state index in [0.717, 1.165) is 17.0 Å². The lowest BCUT2D eigenvalue weighted by Gasteiger charge is -2.29. The zero-order valence-electron chi connectivity index (χ0n) is 13.8. The van der Waals surface area contributed by atoms with Crippen LogP contribution < -0.4 is 0 Å². The Hall–Kier alpha value is -1.01. The summed E-state index contributed by atoms with van der Waals surface area (Å²) < 4.78 is 6.27. The summed E-state index contributed by atoms with van der Waals surface area (Å²) in [6.07, 6.45) is 10.0. The molecule has 0 saturated heterocycles. The lowest BCUT2D eigenvalue weighted by molar-refractivity contribution is -0.00813. The Labute approximate surface area is 140 Å². The SMILES string of the molecule is CC(C)=C=CCC(OCc1cccc(Cl)c1)C1CCCCC1. The minimum Gasteiger partial charge on any atom is -0.373 e. The number of benzene rings is 1. The highest BCUT2D eigenvalue weighted by molar-refractivity contribution is 6.30. The molecule has 1 nitrogen and oxygen atoms in total. The zero-order chi connectivity index (χ0) is 15.8. The van der Waals surface area contributed by atoms with Crippen molar-refractivity contribution in [1.82, 2.24) is 0 Å². The highest BCUT2D eigenvalue weighted by atomic mass is 35.5. The van der Waals surface area contributed by atoms with Crippen LogP contribution in [0.5, 0.6) is 0 Å². The summed E-state index contributed by atoms with van der Waals surface area (Å²) in [6.45, 7) is 4.81. The van der Waals surface area contributed by atoms with Crippen molar-refractivity contribution in [3.63, 3.8) is 0 Å². The molecule has 0 heterocycles. The molecule has 0 bridgehead atoms. The van der Waals surface area contributed by atoms with Gasteiger partial charge in [-0.3, -0.25) is 0 Å². The molecule has 0 spiro atoms. The van der Waals surface area contributed by atoms with Crippen LogP contribution in [0.25, 0.3) is 0 Å². The third-order valence-electron chi connectivity index (χ3n) is 4.27. The molecule has 0 aromatic heterocycles. The van der Waals surface area contributed by atoms with Crippen LogP contribution >= 0.6 is 11.6 Å². The summed E-state index contributed by atoms with van der Waals surface area (Å²) in [7, 11) is 0. The van der Waals surface area contributed by atoms with E-state index >= 15 is 0 Å². The third kappa shape index (κ3) is 6.01. The van der Waals surface area contributed by atoms with Gasteiger partial charge in [-0.15, -0.1) is 5.73 Å². The molecule has 1 aliphatic carbocycles. The Morgan fingerprint density at radius 3 is 2.77 bits per heavy atom. The van der Waals surface area contributed by atoms with E-state index in [1.54, 1.807) is 0 Å². The van der Waals surface area contributed by atoms with Crippen molar-refractivity contribution in [2.24, 2.45) is 5.92 Å². The first-order chi connectivity index (χ1) is 10.6. The van der Waals surface area contributed by atoms with Gasteiger partial charge in [-0.05, 0) is 68.4 Å². The van der Waals surface area contributed by atoms with Crippen molar-refractivity contribution in [3.8, 4) is 0 Å². The first kappa shape index (κ1) is 17.3. The van der Waals surface area contributed by atoms with Gasteiger partial charge in [0.25, 0.3) is 0 Å². The summed E-state index contributed by atoms with van der Waals surface area (Å²) in [6, 6.07) is 7.96. The minimum absolute atomic E-state index is 0.297. The quantitative estimate of drug-likeness (QED) is 0.558. The van der Waals surface area contributed by atoms with E-state index in [9.17, 15) is 0 Å². The lowest BCUT2D eigenvalue weighted by atomic mass is 9.84. The second kappa shape index (κ2) is 9.20. The van der Waals surface area contributed by atoms with Gasteiger partial charge in [-0.25, -0.2) is 0 Å². The first-order valence-corrected chi connectivity index (χ1v) is 8.77. The molecule has 22 heavy (non-hydrogen) atoms. The predicted molar refractivity (Wildman–Crippen MR) is 94.2 cm³/mol. The molecule has 1 saturated carbocycles. The number of hydrogen-bond acceptors (Lipinski definition) is 1. The Morgan fingerprint density at radius 2 is 2.09 bits per heavy atom. The molecule has 1 aliphatic rings. The molecular weight excluding hydrogens is 292 g/mol. The molecule has 2 rings (SSSR count). The van der Waals surface area contributed by atoms with E-state index in [1.807, 2.05) is 18.2 Å². The summed E-state index contributed by atoms with van der Waals surface area (Å²) in [5, 5.41) is 0.778. The van der Waals surface area contributed by atoms with Gasteiger partial charge in [0.2, 0.25) is 0 Å². The van der Waals surface area contributed by atoms with Crippen molar-refractivity contribution >= 4 is 11.6 Å². The summed E-state index contributed by atoms with van der Waals surface area (Å²) in [5.41, 5.74) is 5.68. The van der Waals surface area contributed by atoms with E-state index in [4.69, 9.17) is 16.3 Å². The topological polar surface area (TPSA) is 9.23 Å². The maximum atomic E-state index is 6.27. The van der Waals surface area contributed by atoms with Gasteiger partial charge in [-0.1, -0.05) is 43.0 Å². The van der Waals surface area contributed by atoms with E-state index in [0.29, 0.717) is 18.6 Å². The summed E-state index contributed by atoms with van der Waals surface area (Å²) in [4.78, 5) is 0. The molecule has 120 valence electrons. The van der Waals surface area contributed by atoms with Crippen molar-refractivity contribution in [2.75, 3.05) is 0 Å². The van der Waals surface area contributed by atoms with Gasteiger partial charge < -0.3 is 4.74 Å². The molecule has 1 atom stereocenters. The van der Waals surface area contributed by atoms with Gasteiger partial charge in [0.05, 0.1) is 12.7 Å². The third-order valence-corrected chi connectivity index (χ3v) is 4.50. The Kier molecular flexibility index (Phi) is 7.25. The molecule has 0 N–H and O–H groups in total. The van der Waals surface area contributed by atoms with Crippen LogP contribution in [0.1, 0.15) is 57.9 Å². The van der Waals surface area contributed by atoms with Crippen LogP contribution in [0.4, 0.5) is 0 Å². The second-order valence-electron chi connectivity index (χ2n) is 6.46. The van der Waals surface area contributed by atoms with E-state index in [1.165, 1.54) is 37.7 Å². The van der Waals surface area contributed by atoms with Crippen molar-refractivity contribution in [1.29, 1.82) is 0 Å². The molecule has 1 aromatic carbocycles. The average Bonchev–Trinajstić information content (AvgIpc) is 2.51. The highest BCUT2D eigenvalue weighted by Crippen LogP contribution is 2.30. The second-order valence-corrected chi connectivity index (χ2v) is 6.90. The molecule has 1 fully saturated rings. The fourth-order valence-electron chi connectivity index (χ4n) is 3.11. The molecule has 0 aliphatic heterocycles. The molecule has 0 radical (unpaired) electrons. The fraction of sp³-hybridized carbons (Fsp3) is 0.550. The number of hydrogen-bond donors (Lipinski definition) is 0. The lowest BCUT2D eigenvalue weighted by Crippen LogP contribution is -2.25. The molecule has 1 unspecified atom stereocenters. The van der Waals surface area contributed by atoms with E-state index in [-0.39, 0.29) is 0 Å². The van der Waals surface area contributed by atoms with Crippen LogP contribution in [0.15, 0.2) is 41.6 Å². The highest BCUT2D eigenvalue weighted by Gasteiger charge is 2.23. The van der Waals surface area contributed by atoms with Crippen LogP contribution in [0.3, 0.4) is 0 Å². The van der Waals surface area contributed by atoms with Crippen LogP contribution in [0, 0.1) is 5.92 Å². The zero-order valence-corrected chi connectivity index (χ0v) is 14.5. The summed E-state index contributed by atoms with van der Waals surface area (Å²) in [5.74, 6) is 0.683. The number of rotatable bonds is 6. The van der Waals surface area contributed by atoms with Crippen LogP contribution in [-0.4, -0.2) is 6.10 Å². The van der Waals surface area contributed by atoms with Crippen LogP contribution in [0.2, 0.25) is 5.02 Å². The Balaban J connectivity index is 1.98. The first-order valence-electron chi connectivity index (χ1n) is 8.39. The molecule has 0 amide bonds. The molecule has 2 heteroatoms. The standard InChI is InChI=1S/C20H27ClO/c1-16(2)8-6-13-20(18-10-4-3-5-11-18)22-15-17-9-7-12-19(21)14-17/h6-7,9,12,14,18,20H,3-5,10-11,13,15H2,1-2H3. The van der Waals surface area contributed by atoms with Crippen LogP contribution in [-0.2, 0) is 11.3 Å². The van der Waals surface area contributed by atoms with Gasteiger partial charge in [0.1, 0.15) is 0 Å². The molecule has 1 aromatic rings. The molecular formula is C20H27ClO. The predicted octanol–water partition coefficient (Wildman–Crippen LogP) is 6.32. The number of halogens is 1. The van der Waals surface area contributed by atoms with Gasteiger partial charge >= 0.3 is 0 Å². The van der Waals surface area contributed by atoms with Crippen molar-refractivity contribution < 1.29 is 4.74 Å². The van der Waals surface area contributed by atoms with Gasteiger partial charge in [0, 0.05) is 5.02 Å². The monoisotopic (exact) mass is 318 g/mol. The maximum Gasteiger partial charge on any atom is 0.0721 e. The summed E-state index contributed by atoms with van der Waals surface area (Å²) >= 11 is 6.05. The largest absolute Gasteiger partial charge is 0.373 e. The Morgan fingerprint density at radius 1 is 1.32 bits per heavy atom. The Bertz CT molecular complexity index is 518. The van der Waals surface area contributed by atoms with Gasteiger partial charge in [-0.2, -0.15) is 0 Å². The smallest absolute Gasteiger partial charge is 0.0721 e. The normalized spacial score (nSPS) is 16.9.